The van der Waals surface area contributed by atoms with Crippen molar-refractivity contribution < 1.29 is 14.6 Å². The van der Waals surface area contributed by atoms with Crippen molar-refractivity contribution in [3.05, 3.63) is 29.8 Å². The van der Waals surface area contributed by atoms with E-state index < -0.39 is 0 Å². The zero-order valence-corrected chi connectivity index (χ0v) is 12.2. The quantitative estimate of drug-likeness (QED) is 0.608. The molecule has 1 aliphatic rings. The predicted octanol–water partition coefficient (Wildman–Crippen LogP) is 3.84. The average Bonchev–Trinajstić information content (AvgIpc) is 2.78. The SMILES string of the molecule is CCCCCC[C@@H]1C[C@@H](Cc2ccc(O)cc2)C(=O)O1. The van der Waals surface area contributed by atoms with E-state index in [1.54, 1.807) is 12.1 Å². The second kappa shape index (κ2) is 7.32. The summed E-state index contributed by atoms with van der Waals surface area (Å²) in [6.07, 6.45) is 7.53. The number of phenolic OH excluding ortho intramolecular Hbond substituents is 1. The third-order valence-electron chi connectivity index (χ3n) is 3.96. The van der Waals surface area contributed by atoms with Crippen LogP contribution in [0.15, 0.2) is 24.3 Å². The Balaban J connectivity index is 1.78. The molecule has 0 radical (unpaired) electrons. The standard InChI is InChI=1S/C17H24O3/c1-2-3-4-5-6-16-12-14(17(19)20-16)11-13-7-9-15(18)10-8-13/h7-10,14,16,18H,2-6,11-12H2,1H3/t14-,16-/m1/s1. The lowest BCUT2D eigenvalue weighted by atomic mass is 9.94. The van der Waals surface area contributed by atoms with Crippen molar-refractivity contribution in [2.45, 2.75) is 58.0 Å². The highest BCUT2D eigenvalue weighted by Gasteiger charge is 2.33. The van der Waals surface area contributed by atoms with Crippen molar-refractivity contribution >= 4 is 5.97 Å². The van der Waals surface area contributed by atoms with E-state index in [1.807, 2.05) is 12.1 Å². The van der Waals surface area contributed by atoms with Gasteiger partial charge in [0.05, 0.1) is 5.92 Å². The van der Waals surface area contributed by atoms with Gasteiger partial charge in [0.15, 0.2) is 0 Å². The summed E-state index contributed by atoms with van der Waals surface area (Å²) >= 11 is 0. The highest BCUT2D eigenvalue weighted by atomic mass is 16.5. The molecule has 1 heterocycles. The number of carbonyl (C=O) groups excluding carboxylic acids is 1. The van der Waals surface area contributed by atoms with Gasteiger partial charge in [-0.15, -0.1) is 0 Å². The lowest BCUT2D eigenvalue weighted by Gasteiger charge is -2.08. The fraction of sp³-hybridized carbons (Fsp3) is 0.588. The van der Waals surface area contributed by atoms with E-state index in [0.717, 1.165) is 24.8 Å². The Labute approximate surface area is 121 Å². The van der Waals surface area contributed by atoms with Gasteiger partial charge in [-0.1, -0.05) is 38.3 Å². The Morgan fingerprint density at radius 2 is 1.95 bits per heavy atom. The van der Waals surface area contributed by atoms with Crippen LogP contribution in [0.5, 0.6) is 5.75 Å². The summed E-state index contributed by atoms with van der Waals surface area (Å²) in [4.78, 5) is 11.9. The van der Waals surface area contributed by atoms with Crippen LogP contribution in [-0.2, 0) is 16.0 Å². The first kappa shape index (κ1) is 14.9. The Kier molecular flexibility index (Phi) is 5.45. The smallest absolute Gasteiger partial charge is 0.309 e. The second-order valence-electron chi connectivity index (χ2n) is 5.71. The van der Waals surface area contributed by atoms with Crippen LogP contribution in [0.1, 0.15) is 51.0 Å². The Hall–Kier alpha value is -1.51. The molecule has 3 heteroatoms. The third-order valence-corrected chi connectivity index (χ3v) is 3.96. The number of rotatable bonds is 7. The van der Waals surface area contributed by atoms with E-state index in [1.165, 1.54) is 19.3 Å². The Morgan fingerprint density at radius 3 is 2.65 bits per heavy atom. The van der Waals surface area contributed by atoms with Crippen LogP contribution in [-0.4, -0.2) is 17.2 Å². The van der Waals surface area contributed by atoms with E-state index in [-0.39, 0.29) is 23.7 Å². The van der Waals surface area contributed by atoms with Gasteiger partial charge in [0.25, 0.3) is 0 Å². The summed E-state index contributed by atoms with van der Waals surface area (Å²) in [5.41, 5.74) is 1.08. The lowest BCUT2D eigenvalue weighted by molar-refractivity contribution is -0.144. The first-order valence-electron chi connectivity index (χ1n) is 7.67. The number of unbranched alkanes of at least 4 members (excludes halogenated alkanes) is 3. The van der Waals surface area contributed by atoms with Crippen molar-refractivity contribution in [3.8, 4) is 5.75 Å². The summed E-state index contributed by atoms with van der Waals surface area (Å²) in [5, 5.41) is 9.26. The van der Waals surface area contributed by atoms with Crippen LogP contribution < -0.4 is 0 Å². The van der Waals surface area contributed by atoms with Gasteiger partial charge < -0.3 is 9.84 Å². The number of carbonyl (C=O) groups is 1. The van der Waals surface area contributed by atoms with Crippen molar-refractivity contribution in [2.75, 3.05) is 0 Å². The topological polar surface area (TPSA) is 46.5 Å². The summed E-state index contributed by atoms with van der Waals surface area (Å²) in [7, 11) is 0. The molecule has 1 aromatic carbocycles. The highest BCUT2D eigenvalue weighted by Crippen LogP contribution is 2.28. The maximum atomic E-state index is 11.9. The zero-order chi connectivity index (χ0) is 14.4. The number of phenols is 1. The third kappa shape index (κ3) is 4.26. The summed E-state index contributed by atoms with van der Waals surface area (Å²) in [6.45, 7) is 2.20. The monoisotopic (exact) mass is 276 g/mol. The molecule has 2 atom stereocenters. The van der Waals surface area contributed by atoms with Gasteiger partial charge in [-0.25, -0.2) is 0 Å². The highest BCUT2D eigenvalue weighted by molar-refractivity contribution is 5.75. The average molecular weight is 276 g/mol. The number of ether oxygens (including phenoxy) is 1. The molecule has 1 N–H and O–H groups in total. The van der Waals surface area contributed by atoms with Gasteiger partial charge in [-0.3, -0.25) is 4.79 Å². The fourth-order valence-corrected chi connectivity index (χ4v) is 2.78. The molecular weight excluding hydrogens is 252 g/mol. The minimum atomic E-state index is -0.0569. The summed E-state index contributed by atoms with van der Waals surface area (Å²) in [6, 6.07) is 7.07. The maximum absolute atomic E-state index is 11.9. The van der Waals surface area contributed by atoms with Gasteiger partial charge >= 0.3 is 5.97 Å². The van der Waals surface area contributed by atoms with E-state index in [9.17, 15) is 9.90 Å². The van der Waals surface area contributed by atoms with Crippen LogP contribution in [0.3, 0.4) is 0 Å². The van der Waals surface area contributed by atoms with Crippen LogP contribution in [0.25, 0.3) is 0 Å². The van der Waals surface area contributed by atoms with E-state index in [0.29, 0.717) is 6.42 Å². The molecule has 0 amide bonds. The number of esters is 1. The molecular formula is C17H24O3. The first-order valence-corrected chi connectivity index (χ1v) is 7.67. The normalized spacial score (nSPS) is 21.9. The number of hydrogen-bond donors (Lipinski definition) is 1. The van der Waals surface area contributed by atoms with Crippen LogP contribution in [0, 0.1) is 5.92 Å². The molecule has 1 saturated heterocycles. The summed E-state index contributed by atoms with van der Waals surface area (Å²) < 4.78 is 5.46. The van der Waals surface area contributed by atoms with Gasteiger partial charge in [-0.05, 0) is 43.4 Å². The Morgan fingerprint density at radius 1 is 1.20 bits per heavy atom. The molecule has 3 nitrogen and oxygen atoms in total. The molecule has 1 aliphatic heterocycles. The minimum absolute atomic E-state index is 0.0179. The molecule has 2 rings (SSSR count). The predicted molar refractivity (Wildman–Crippen MR) is 78.6 cm³/mol. The minimum Gasteiger partial charge on any atom is -0.508 e. The van der Waals surface area contributed by atoms with Crippen LogP contribution in [0.4, 0.5) is 0 Å². The molecule has 1 aromatic rings. The van der Waals surface area contributed by atoms with E-state index in [4.69, 9.17) is 4.74 Å². The molecule has 0 saturated carbocycles. The molecule has 0 aromatic heterocycles. The van der Waals surface area contributed by atoms with Gasteiger partial charge in [0, 0.05) is 0 Å². The second-order valence-corrected chi connectivity index (χ2v) is 5.71. The number of cyclic esters (lactones) is 1. The molecule has 20 heavy (non-hydrogen) atoms. The number of aromatic hydroxyl groups is 1. The van der Waals surface area contributed by atoms with E-state index >= 15 is 0 Å². The lowest BCUT2D eigenvalue weighted by Crippen LogP contribution is -2.10. The van der Waals surface area contributed by atoms with Crippen molar-refractivity contribution in [1.82, 2.24) is 0 Å². The summed E-state index contributed by atoms with van der Waals surface area (Å²) in [5.74, 6) is 0.186. The largest absolute Gasteiger partial charge is 0.508 e. The van der Waals surface area contributed by atoms with Gasteiger partial charge in [-0.2, -0.15) is 0 Å². The fourth-order valence-electron chi connectivity index (χ4n) is 2.78. The molecule has 110 valence electrons. The molecule has 0 aliphatic carbocycles. The van der Waals surface area contributed by atoms with Crippen LogP contribution >= 0.6 is 0 Å². The molecule has 0 unspecified atom stereocenters. The first-order chi connectivity index (χ1) is 9.69. The van der Waals surface area contributed by atoms with Crippen LogP contribution in [0.2, 0.25) is 0 Å². The van der Waals surface area contributed by atoms with Crippen molar-refractivity contribution in [2.24, 2.45) is 5.92 Å². The molecule has 0 bridgehead atoms. The van der Waals surface area contributed by atoms with Gasteiger partial charge in [0.1, 0.15) is 11.9 Å². The van der Waals surface area contributed by atoms with E-state index in [2.05, 4.69) is 6.92 Å². The zero-order valence-electron chi connectivity index (χ0n) is 12.2. The van der Waals surface area contributed by atoms with Crippen molar-refractivity contribution in [3.63, 3.8) is 0 Å². The number of hydrogen-bond acceptors (Lipinski definition) is 3. The van der Waals surface area contributed by atoms with Gasteiger partial charge in [0.2, 0.25) is 0 Å². The Bertz CT molecular complexity index is 424. The van der Waals surface area contributed by atoms with Crippen molar-refractivity contribution in [1.29, 1.82) is 0 Å². The molecule has 0 spiro atoms. The molecule has 1 fully saturated rings. The maximum Gasteiger partial charge on any atom is 0.309 e. The number of benzene rings is 1.